The molecule has 0 bridgehead atoms. The number of imide groups is 1. The zero-order chi connectivity index (χ0) is 8.97. The maximum absolute atomic E-state index is 10.9. The number of carbonyl (C=O) groups excluding carboxylic acids is 2. The molecule has 0 spiro atoms. The smallest absolute Gasteiger partial charge is 0.326 e. The second-order valence-corrected chi connectivity index (χ2v) is 2.46. The molecule has 1 fully saturated rings. The van der Waals surface area contributed by atoms with Crippen molar-refractivity contribution in [2.75, 3.05) is 6.54 Å². The molecule has 5 nitrogen and oxygen atoms in total. The molecule has 0 aromatic heterocycles. The topological polar surface area (TPSA) is 84.2 Å². The molecule has 0 aromatic rings. The molecular formula is C7H11N3O2. The molecule has 12 heavy (non-hydrogen) atoms. The third kappa shape index (κ3) is 2.06. The van der Waals surface area contributed by atoms with Crippen LogP contribution in [-0.2, 0) is 4.79 Å². The third-order valence-electron chi connectivity index (χ3n) is 1.48. The largest absolute Gasteiger partial charge is 0.330 e. The Morgan fingerprint density at radius 3 is 2.58 bits per heavy atom. The van der Waals surface area contributed by atoms with Gasteiger partial charge >= 0.3 is 6.03 Å². The van der Waals surface area contributed by atoms with E-state index in [1.165, 1.54) is 0 Å². The monoisotopic (exact) mass is 169 g/mol. The van der Waals surface area contributed by atoms with Gasteiger partial charge in [-0.2, -0.15) is 0 Å². The minimum atomic E-state index is -0.459. The Hall–Kier alpha value is -1.36. The van der Waals surface area contributed by atoms with Crippen molar-refractivity contribution in [2.45, 2.75) is 12.8 Å². The lowest BCUT2D eigenvalue weighted by Crippen LogP contribution is -2.22. The molecule has 0 unspecified atom stereocenters. The summed E-state index contributed by atoms with van der Waals surface area (Å²) < 4.78 is 0. The molecule has 1 saturated heterocycles. The number of rotatable bonds is 3. The van der Waals surface area contributed by atoms with Gasteiger partial charge in [0.1, 0.15) is 5.70 Å². The van der Waals surface area contributed by atoms with E-state index in [1.807, 2.05) is 0 Å². The van der Waals surface area contributed by atoms with Crippen LogP contribution in [0, 0.1) is 0 Å². The van der Waals surface area contributed by atoms with E-state index in [1.54, 1.807) is 6.08 Å². The van der Waals surface area contributed by atoms with E-state index in [-0.39, 0.29) is 5.91 Å². The summed E-state index contributed by atoms with van der Waals surface area (Å²) in [6.07, 6.45) is 3.19. The average molecular weight is 169 g/mol. The number of carbonyl (C=O) groups is 2. The molecule has 0 aliphatic carbocycles. The molecule has 0 aromatic carbocycles. The maximum Gasteiger partial charge on any atom is 0.326 e. The van der Waals surface area contributed by atoms with Gasteiger partial charge in [-0.05, 0) is 19.4 Å². The van der Waals surface area contributed by atoms with E-state index in [9.17, 15) is 9.59 Å². The highest BCUT2D eigenvalue weighted by molar-refractivity contribution is 6.11. The first-order chi connectivity index (χ1) is 5.74. The van der Waals surface area contributed by atoms with E-state index in [2.05, 4.69) is 10.6 Å². The molecule has 4 N–H and O–H groups in total. The number of hydrogen-bond donors (Lipinski definition) is 3. The first-order valence-electron chi connectivity index (χ1n) is 3.76. The van der Waals surface area contributed by atoms with Gasteiger partial charge in [0.05, 0.1) is 0 Å². The van der Waals surface area contributed by atoms with Crippen molar-refractivity contribution in [3.8, 4) is 0 Å². The number of allylic oxidation sites excluding steroid dienone is 1. The lowest BCUT2D eigenvalue weighted by atomic mass is 10.2. The van der Waals surface area contributed by atoms with Crippen LogP contribution in [0.5, 0.6) is 0 Å². The van der Waals surface area contributed by atoms with Gasteiger partial charge in [0.15, 0.2) is 0 Å². The maximum atomic E-state index is 10.9. The molecule has 1 heterocycles. The number of urea groups is 1. The summed E-state index contributed by atoms with van der Waals surface area (Å²) in [5.74, 6) is -0.364. The van der Waals surface area contributed by atoms with Crippen molar-refractivity contribution < 1.29 is 9.59 Å². The second kappa shape index (κ2) is 3.87. The Labute approximate surface area is 70.0 Å². The minimum Gasteiger partial charge on any atom is -0.330 e. The fraction of sp³-hybridized carbons (Fsp3) is 0.429. The summed E-state index contributed by atoms with van der Waals surface area (Å²) >= 11 is 0. The summed E-state index contributed by atoms with van der Waals surface area (Å²) in [5.41, 5.74) is 5.59. The van der Waals surface area contributed by atoms with Crippen molar-refractivity contribution in [3.63, 3.8) is 0 Å². The van der Waals surface area contributed by atoms with Gasteiger partial charge in [-0.15, -0.1) is 0 Å². The van der Waals surface area contributed by atoms with E-state index in [4.69, 9.17) is 5.73 Å². The van der Waals surface area contributed by atoms with Gasteiger partial charge in [0.25, 0.3) is 5.91 Å². The van der Waals surface area contributed by atoms with Crippen LogP contribution in [0.4, 0.5) is 4.79 Å². The molecule has 0 radical (unpaired) electrons. The Bertz CT molecular complexity index is 235. The molecule has 5 heteroatoms. The van der Waals surface area contributed by atoms with E-state index in [0.717, 1.165) is 6.42 Å². The molecule has 66 valence electrons. The van der Waals surface area contributed by atoms with Crippen molar-refractivity contribution in [1.82, 2.24) is 10.6 Å². The Morgan fingerprint density at radius 2 is 2.08 bits per heavy atom. The SMILES string of the molecule is NCCCC=C1NC(=O)NC1=O. The van der Waals surface area contributed by atoms with E-state index in [0.29, 0.717) is 18.7 Å². The zero-order valence-electron chi connectivity index (χ0n) is 6.59. The second-order valence-electron chi connectivity index (χ2n) is 2.46. The lowest BCUT2D eigenvalue weighted by molar-refractivity contribution is -0.115. The molecule has 3 amide bonds. The van der Waals surface area contributed by atoms with Gasteiger partial charge in [-0.3, -0.25) is 10.1 Å². The van der Waals surface area contributed by atoms with Crippen molar-refractivity contribution in [3.05, 3.63) is 11.8 Å². The van der Waals surface area contributed by atoms with E-state index < -0.39 is 6.03 Å². The fourth-order valence-corrected chi connectivity index (χ4v) is 0.889. The molecule has 1 aliphatic rings. The van der Waals surface area contributed by atoms with Crippen LogP contribution in [0.3, 0.4) is 0 Å². The predicted molar refractivity (Wildman–Crippen MR) is 43.0 cm³/mol. The Balaban J connectivity index is 2.46. The van der Waals surface area contributed by atoms with Crippen LogP contribution in [0.25, 0.3) is 0 Å². The fourth-order valence-electron chi connectivity index (χ4n) is 0.889. The average Bonchev–Trinajstić information content (AvgIpc) is 2.31. The number of nitrogens with two attached hydrogens (primary N) is 1. The molecular weight excluding hydrogens is 158 g/mol. The van der Waals surface area contributed by atoms with Crippen molar-refractivity contribution in [1.29, 1.82) is 0 Å². The summed E-state index contributed by atoms with van der Waals surface area (Å²) in [5, 5.41) is 4.49. The summed E-state index contributed by atoms with van der Waals surface area (Å²) in [7, 11) is 0. The van der Waals surface area contributed by atoms with Gasteiger partial charge in [-0.25, -0.2) is 4.79 Å². The van der Waals surface area contributed by atoms with Gasteiger partial charge in [0.2, 0.25) is 0 Å². The van der Waals surface area contributed by atoms with Crippen LogP contribution in [0.15, 0.2) is 11.8 Å². The number of unbranched alkanes of at least 4 members (excludes halogenated alkanes) is 1. The zero-order valence-corrected chi connectivity index (χ0v) is 6.59. The van der Waals surface area contributed by atoms with Crippen LogP contribution in [0.2, 0.25) is 0 Å². The summed E-state index contributed by atoms with van der Waals surface area (Å²) in [4.78, 5) is 21.5. The van der Waals surface area contributed by atoms with Crippen LogP contribution in [0.1, 0.15) is 12.8 Å². The number of hydrogen-bond acceptors (Lipinski definition) is 3. The van der Waals surface area contributed by atoms with Gasteiger partial charge in [0, 0.05) is 0 Å². The highest BCUT2D eigenvalue weighted by Crippen LogP contribution is 2.00. The summed E-state index contributed by atoms with van der Waals surface area (Å²) in [6, 6.07) is -0.459. The normalized spacial score (nSPS) is 19.6. The van der Waals surface area contributed by atoms with Crippen molar-refractivity contribution >= 4 is 11.9 Å². The van der Waals surface area contributed by atoms with Crippen LogP contribution >= 0.6 is 0 Å². The highest BCUT2D eigenvalue weighted by atomic mass is 16.2. The highest BCUT2D eigenvalue weighted by Gasteiger charge is 2.21. The Morgan fingerprint density at radius 1 is 1.33 bits per heavy atom. The van der Waals surface area contributed by atoms with E-state index >= 15 is 0 Å². The minimum absolute atomic E-state index is 0.327. The molecule has 1 aliphatic heterocycles. The van der Waals surface area contributed by atoms with Crippen LogP contribution in [-0.4, -0.2) is 18.5 Å². The third-order valence-corrected chi connectivity index (χ3v) is 1.48. The summed E-state index contributed by atoms with van der Waals surface area (Å²) in [6.45, 7) is 0.583. The Kier molecular flexibility index (Phi) is 2.82. The number of nitrogens with one attached hydrogen (secondary N) is 2. The molecule has 0 atom stereocenters. The number of amides is 3. The predicted octanol–water partition coefficient (Wildman–Crippen LogP) is -0.551. The van der Waals surface area contributed by atoms with Crippen LogP contribution < -0.4 is 16.4 Å². The first kappa shape index (κ1) is 8.73. The molecule has 0 saturated carbocycles. The van der Waals surface area contributed by atoms with Crippen molar-refractivity contribution in [2.24, 2.45) is 5.73 Å². The quantitative estimate of drug-likeness (QED) is 0.301. The standard InChI is InChI=1S/C7H11N3O2/c8-4-2-1-3-5-6(11)10-7(12)9-5/h3H,1-2,4,8H2,(H2,9,10,11,12). The van der Waals surface area contributed by atoms with Gasteiger partial charge < -0.3 is 11.1 Å². The first-order valence-corrected chi connectivity index (χ1v) is 3.76. The van der Waals surface area contributed by atoms with Gasteiger partial charge in [-0.1, -0.05) is 6.08 Å². The molecule has 1 rings (SSSR count). The lowest BCUT2D eigenvalue weighted by Gasteiger charge is -1.92.